The molecule has 0 aromatic carbocycles. The summed E-state index contributed by atoms with van der Waals surface area (Å²) in [5, 5.41) is 0.284. The maximum absolute atomic E-state index is 12.0. The van der Waals surface area contributed by atoms with E-state index in [1.807, 2.05) is 0 Å². The zero-order valence-electron chi connectivity index (χ0n) is 9.75. The van der Waals surface area contributed by atoms with E-state index in [-0.39, 0.29) is 10.9 Å². The number of aryl methyl sites for hydroxylation is 1. The van der Waals surface area contributed by atoms with E-state index in [1.54, 1.807) is 0 Å². The summed E-state index contributed by atoms with van der Waals surface area (Å²) in [5.74, 6) is 0.0760. The number of halogens is 1. The normalized spacial score (nSPS) is 10.4. The average molecular weight is 268 g/mol. The summed E-state index contributed by atoms with van der Waals surface area (Å²) in [7, 11) is 2.90. The van der Waals surface area contributed by atoms with Crippen LogP contribution in [0.15, 0.2) is 34.1 Å². The predicted octanol–water partition coefficient (Wildman–Crippen LogP) is 0.593. The van der Waals surface area contributed by atoms with Crippen molar-refractivity contribution in [3.63, 3.8) is 0 Å². The van der Waals surface area contributed by atoms with Gasteiger partial charge in [0.1, 0.15) is 5.15 Å². The van der Waals surface area contributed by atoms with Crippen LogP contribution in [0, 0.1) is 0 Å². The van der Waals surface area contributed by atoms with Crippen molar-refractivity contribution in [2.45, 2.75) is 0 Å². The minimum Gasteiger partial charge on any atom is -0.490 e. The number of methoxy groups -OCH3 is 1. The predicted molar refractivity (Wildman–Crippen MR) is 66.6 cm³/mol. The first-order chi connectivity index (χ1) is 8.54. The van der Waals surface area contributed by atoms with Crippen LogP contribution in [-0.4, -0.2) is 21.2 Å². The molecule has 6 nitrogen and oxygen atoms in total. The van der Waals surface area contributed by atoms with E-state index in [1.165, 1.54) is 43.3 Å². The standard InChI is InChI=1S/C11H10ClN3O3/c1-14-6-8(18-2)10(16)15(11(14)17)7-3-4-9(12)13-5-7/h3-6H,1-2H3. The highest BCUT2D eigenvalue weighted by atomic mass is 35.5. The van der Waals surface area contributed by atoms with Crippen LogP contribution in [0.1, 0.15) is 0 Å². The van der Waals surface area contributed by atoms with E-state index in [0.29, 0.717) is 5.69 Å². The minimum atomic E-state index is -0.537. The fraction of sp³-hybridized carbons (Fsp3) is 0.182. The van der Waals surface area contributed by atoms with Crippen molar-refractivity contribution in [2.75, 3.05) is 7.11 Å². The first kappa shape index (κ1) is 12.4. The van der Waals surface area contributed by atoms with Crippen molar-refractivity contribution in [1.29, 1.82) is 0 Å². The smallest absolute Gasteiger partial charge is 0.335 e. The van der Waals surface area contributed by atoms with Gasteiger partial charge in [-0.3, -0.25) is 9.36 Å². The molecule has 94 valence electrons. The molecule has 0 fully saturated rings. The number of nitrogens with zero attached hydrogens (tertiary/aromatic N) is 3. The van der Waals surface area contributed by atoms with Gasteiger partial charge >= 0.3 is 11.2 Å². The molecule has 18 heavy (non-hydrogen) atoms. The van der Waals surface area contributed by atoms with Gasteiger partial charge in [0.05, 0.1) is 25.2 Å². The quantitative estimate of drug-likeness (QED) is 0.747. The molecule has 0 unspecified atom stereocenters. The molecule has 0 spiro atoms. The molecule has 0 saturated heterocycles. The molecule has 0 N–H and O–H groups in total. The number of hydrogen-bond donors (Lipinski definition) is 0. The zero-order valence-corrected chi connectivity index (χ0v) is 10.5. The van der Waals surface area contributed by atoms with Gasteiger partial charge in [-0.2, -0.15) is 0 Å². The third-order valence-electron chi connectivity index (χ3n) is 2.41. The molecule has 2 rings (SSSR count). The van der Waals surface area contributed by atoms with Crippen LogP contribution in [0.25, 0.3) is 5.69 Å². The highest BCUT2D eigenvalue weighted by Gasteiger charge is 2.11. The Kier molecular flexibility index (Phi) is 3.20. The first-order valence-electron chi connectivity index (χ1n) is 5.03. The monoisotopic (exact) mass is 267 g/mol. The van der Waals surface area contributed by atoms with Crippen molar-refractivity contribution < 1.29 is 4.74 Å². The lowest BCUT2D eigenvalue weighted by Gasteiger charge is -2.09. The third-order valence-corrected chi connectivity index (χ3v) is 2.63. The summed E-state index contributed by atoms with van der Waals surface area (Å²) in [6.07, 6.45) is 2.69. The second-order valence-corrected chi connectivity index (χ2v) is 3.96. The van der Waals surface area contributed by atoms with E-state index in [0.717, 1.165) is 4.57 Å². The Hall–Kier alpha value is -2.08. The number of rotatable bonds is 2. The number of ether oxygens (including phenoxy) is 1. The summed E-state index contributed by atoms with van der Waals surface area (Å²) in [6.45, 7) is 0. The summed E-state index contributed by atoms with van der Waals surface area (Å²) < 4.78 is 7.16. The Morgan fingerprint density at radius 2 is 2.06 bits per heavy atom. The van der Waals surface area contributed by atoms with E-state index < -0.39 is 11.2 Å². The van der Waals surface area contributed by atoms with Crippen molar-refractivity contribution in [1.82, 2.24) is 14.1 Å². The van der Waals surface area contributed by atoms with Gasteiger partial charge in [0.15, 0.2) is 0 Å². The van der Waals surface area contributed by atoms with Crippen LogP contribution in [0.5, 0.6) is 5.75 Å². The van der Waals surface area contributed by atoms with Crippen molar-refractivity contribution in [2.24, 2.45) is 7.05 Å². The van der Waals surface area contributed by atoms with E-state index in [2.05, 4.69) is 4.98 Å². The van der Waals surface area contributed by atoms with Crippen LogP contribution in [-0.2, 0) is 7.05 Å². The lowest BCUT2D eigenvalue weighted by Crippen LogP contribution is -2.37. The minimum absolute atomic E-state index is 0.0760. The molecule has 0 saturated carbocycles. The molecule has 0 amide bonds. The highest BCUT2D eigenvalue weighted by molar-refractivity contribution is 6.29. The second-order valence-electron chi connectivity index (χ2n) is 3.57. The summed E-state index contributed by atoms with van der Waals surface area (Å²) >= 11 is 5.66. The van der Waals surface area contributed by atoms with Gasteiger partial charge in [0.25, 0.3) is 0 Å². The van der Waals surface area contributed by atoms with Crippen molar-refractivity contribution in [3.8, 4) is 11.4 Å². The molecule has 0 radical (unpaired) electrons. The van der Waals surface area contributed by atoms with Crippen LogP contribution in [0.3, 0.4) is 0 Å². The van der Waals surface area contributed by atoms with E-state index >= 15 is 0 Å². The molecule has 0 atom stereocenters. The Bertz CT molecular complexity index is 688. The molecular formula is C11H10ClN3O3. The molecule has 2 aromatic heterocycles. The molecular weight excluding hydrogens is 258 g/mol. The van der Waals surface area contributed by atoms with E-state index in [9.17, 15) is 9.59 Å². The number of pyridine rings is 1. The Balaban J connectivity index is 2.78. The molecule has 2 heterocycles. The van der Waals surface area contributed by atoms with E-state index in [4.69, 9.17) is 16.3 Å². The van der Waals surface area contributed by atoms with Crippen LogP contribution < -0.4 is 16.0 Å². The summed E-state index contributed by atoms with van der Waals surface area (Å²) in [5.41, 5.74) is -0.682. The number of hydrogen-bond acceptors (Lipinski definition) is 4. The highest BCUT2D eigenvalue weighted by Crippen LogP contribution is 2.08. The Morgan fingerprint density at radius 1 is 1.33 bits per heavy atom. The third kappa shape index (κ3) is 2.02. The molecule has 0 aliphatic rings. The van der Waals surface area contributed by atoms with Crippen molar-refractivity contribution >= 4 is 11.6 Å². The van der Waals surface area contributed by atoms with Gasteiger partial charge in [0, 0.05) is 7.05 Å². The van der Waals surface area contributed by atoms with Crippen LogP contribution in [0.4, 0.5) is 0 Å². The Labute approximate surface area is 107 Å². The fourth-order valence-electron chi connectivity index (χ4n) is 1.51. The van der Waals surface area contributed by atoms with Crippen molar-refractivity contribution in [3.05, 3.63) is 50.5 Å². The fourth-order valence-corrected chi connectivity index (χ4v) is 1.62. The average Bonchev–Trinajstić information content (AvgIpc) is 2.36. The maximum Gasteiger partial charge on any atom is 0.335 e. The Morgan fingerprint density at radius 3 is 2.61 bits per heavy atom. The molecule has 2 aromatic rings. The van der Waals surface area contributed by atoms with Gasteiger partial charge in [-0.1, -0.05) is 11.6 Å². The van der Waals surface area contributed by atoms with Gasteiger partial charge in [-0.15, -0.1) is 0 Å². The summed E-state index contributed by atoms with van der Waals surface area (Å²) in [6, 6.07) is 3.04. The molecule has 0 aliphatic carbocycles. The summed E-state index contributed by atoms with van der Waals surface area (Å²) in [4.78, 5) is 27.8. The molecule has 0 aliphatic heterocycles. The number of aromatic nitrogens is 3. The zero-order chi connectivity index (χ0) is 13.3. The van der Waals surface area contributed by atoms with Gasteiger partial charge in [-0.05, 0) is 12.1 Å². The van der Waals surface area contributed by atoms with Gasteiger partial charge < -0.3 is 4.74 Å². The van der Waals surface area contributed by atoms with Crippen LogP contribution >= 0.6 is 11.6 Å². The molecule has 7 heteroatoms. The SMILES string of the molecule is COc1cn(C)c(=O)n(-c2ccc(Cl)nc2)c1=O. The van der Waals surface area contributed by atoms with Gasteiger partial charge in [0.2, 0.25) is 5.75 Å². The molecule has 0 bridgehead atoms. The lowest BCUT2D eigenvalue weighted by molar-refractivity contribution is 0.398. The van der Waals surface area contributed by atoms with Crippen LogP contribution in [0.2, 0.25) is 5.15 Å². The lowest BCUT2D eigenvalue weighted by atomic mass is 10.4. The van der Waals surface area contributed by atoms with Gasteiger partial charge in [-0.25, -0.2) is 14.3 Å². The second kappa shape index (κ2) is 4.66. The maximum atomic E-state index is 12.0. The first-order valence-corrected chi connectivity index (χ1v) is 5.41. The largest absolute Gasteiger partial charge is 0.490 e. The topological polar surface area (TPSA) is 66.1 Å².